The van der Waals surface area contributed by atoms with Gasteiger partial charge in [-0.15, -0.1) is 0 Å². The van der Waals surface area contributed by atoms with Gasteiger partial charge >= 0.3 is 0 Å². The first kappa shape index (κ1) is 23.2. The summed E-state index contributed by atoms with van der Waals surface area (Å²) in [6.45, 7) is 4.47. The molecule has 0 amide bonds. The van der Waals surface area contributed by atoms with Crippen LogP contribution in [-0.2, 0) is 15.3 Å². The van der Waals surface area contributed by atoms with E-state index < -0.39 is 9.84 Å². The van der Waals surface area contributed by atoms with Crippen LogP contribution in [0.15, 0.2) is 131 Å². The molecule has 0 fully saturated rings. The summed E-state index contributed by atoms with van der Waals surface area (Å²) in [7, 11) is -3.71. The Morgan fingerprint density at radius 2 is 1.30 bits per heavy atom. The Balaban J connectivity index is 1.50. The SMILES string of the molecule is CC1(C)c2ccccc2N(c2ccccc2)c2ccc(-c3cccc(S(=O)(=O)c4ccccc4)n3)cc21. The molecule has 4 nitrogen and oxygen atoms in total. The Hall–Kier alpha value is -4.22. The van der Waals surface area contributed by atoms with Gasteiger partial charge in [0.15, 0.2) is 5.03 Å². The van der Waals surface area contributed by atoms with Crippen LogP contribution in [0.25, 0.3) is 11.3 Å². The molecule has 5 aromatic rings. The van der Waals surface area contributed by atoms with Gasteiger partial charge in [-0.1, -0.05) is 80.6 Å². The maximum atomic E-state index is 13.2. The van der Waals surface area contributed by atoms with Gasteiger partial charge in [0.05, 0.1) is 22.0 Å². The van der Waals surface area contributed by atoms with E-state index >= 15 is 0 Å². The van der Waals surface area contributed by atoms with Gasteiger partial charge in [0.2, 0.25) is 9.84 Å². The minimum absolute atomic E-state index is 0.0458. The van der Waals surface area contributed by atoms with E-state index in [1.54, 1.807) is 42.5 Å². The van der Waals surface area contributed by atoms with Crippen molar-refractivity contribution in [2.75, 3.05) is 4.90 Å². The highest BCUT2D eigenvalue weighted by atomic mass is 32.2. The molecule has 0 saturated heterocycles. The number of sulfone groups is 1. The van der Waals surface area contributed by atoms with Gasteiger partial charge in [0.25, 0.3) is 0 Å². The fourth-order valence-corrected chi connectivity index (χ4v) is 6.40. The molecule has 1 aromatic heterocycles. The molecule has 0 radical (unpaired) electrons. The van der Waals surface area contributed by atoms with Gasteiger partial charge in [0.1, 0.15) is 0 Å². The summed E-state index contributed by atoms with van der Waals surface area (Å²) in [5.74, 6) is 0. The average Bonchev–Trinajstić information content (AvgIpc) is 2.94. The number of rotatable bonds is 4. The van der Waals surface area contributed by atoms with E-state index in [9.17, 15) is 8.42 Å². The largest absolute Gasteiger partial charge is 0.310 e. The predicted octanol–water partition coefficient (Wildman–Crippen LogP) is 7.69. The molecule has 1 aliphatic heterocycles. The summed E-state index contributed by atoms with van der Waals surface area (Å²) in [5, 5.41) is 0.0458. The van der Waals surface area contributed by atoms with E-state index in [2.05, 4.69) is 72.3 Å². The van der Waals surface area contributed by atoms with Crippen LogP contribution in [0.1, 0.15) is 25.0 Å². The molecule has 5 heteroatoms. The van der Waals surface area contributed by atoms with Gasteiger partial charge in [-0.3, -0.25) is 0 Å². The van der Waals surface area contributed by atoms with Crippen molar-refractivity contribution in [3.05, 3.63) is 132 Å². The van der Waals surface area contributed by atoms with E-state index in [0.29, 0.717) is 5.69 Å². The lowest BCUT2D eigenvalue weighted by Gasteiger charge is -2.42. The zero-order chi connectivity index (χ0) is 25.6. The van der Waals surface area contributed by atoms with Crippen LogP contribution in [-0.4, -0.2) is 13.4 Å². The monoisotopic (exact) mass is 502 g/mol. The number of pyridine rings is 1. The minimum Gasteiger partial charge on any atom is -0.310 e. The number of hydrogen-bond acceptors (Lipinski definition) is 4. The lowest BCUT2D eigenvalue weighted by atomic mass is 9.73. The van der Waals surface area contributed by atoms with Crippen molar-refractivity contribution >= 4 is 26.9 Å². The van der Waals surface area contributed by atoms with Gasteiger partial charge in [0, 0.05) is 16.7 Å². The van der Waals surface area contributed by atoms with Gasteiger partial charge < -0.3 is 4.90 Å². The second-order valence-electron chi connectivity index (χ2n) is 9.72. The van der Waals surface area contributed by atoms with Gasteiger partial charge in [-0.25, -0.2) is 13.4 Å². The standard InChI is InChI=1S/C32H26N2O2S/c1-32(2)26-16-9-10-18-29(26)34(24-12-5-3-6-13-24)30-21-20-23(22-27(30)32)28-17-11-19-31(33-28)37(35,36)25-14-7-4-8-15-25/h3-22H,1-2H3. The van der Waals surface area contributed by atoms with E-state index in [-0.39, 0.29) is 15.3 Å². The molecule has 0 bridgehead atoms. The zero-order valence-electron chi connectivity index (χ0n) is 20.7. The quantitative estimate of drug-likeness (QED) is 0.253. The van der Waals surface area contributed by atoms with Crippen molar-refractivity contribution < 1.29 is 8.42 Å². The second-order valence-corrected chi connectivity index (χ2v) is 11.6. The molecule has 0 atom stereocenters. The summed E-state index contributed by atoms with van der Waals surface area (Å²) in [5.41, 5.74) is 6.99. The first-order valence-corrected chi connectivity index (χ1v) is 13.7. The molecule has 0 N–H and O–H groups in total. The lowest BCUT2D eigenvalue weighted by molar-refractivity contribution is 0.592. The highest BCUT2D eigenvalue weighted by Gasteiger charge is 2.37. The maximum Gasteiger partial charge on any atom is 0.223 e. The molecule has 0 spiro atoms. The average molecular weight is 503 g/mol. The van der Waals surface area contributed by atoms with Crippen LogP contribution >= 0.6 is 0 Å². The number of hydrogen-bond donors (Lipinski definition) is 0. The third-order valence-corrected chi connectivity index (χ3v) is 8.76. The predicted molar refractivity (Wildman–Crippen MR) is 148 cm³/mol. The zero-order valence-corrected chi connectivity index (χ0v) is 21.5. The van der Waals surface area contributed by atoms with Crippen molar-refractivity contribution in [3.8, 4) is 11.3 Å². The number of nitrogens with zero attached hydrogens (tertiary/aromatic N) is 2. The molecule has 0 aliphatic carbocycles. The van der Waals surface area contributed by atoms with E-state index in [1.807, 2.05) is 30.3 Å². The number of anilines is 3. The number of aromatic nitrogens is 1. The topological polar surface area (TPSA) is 50.3 Å². The first-order valence-electron chi connectivity index (χ1n) is 12.2. The summed E-state index contributed by atoms with van der Waals surface area (Å²) in [6.07, 6.45) is 0. The van der Waals surface area contributed by atoms with Crippen LogP contribution < -0.4 is 4.90 Å². The summed E-state index contributed by atoms with van der Waals surface area (Å²) >= 11 is 0. The molecule has 6 rings (SSSR count). The minimum atomic E-state index is -3.71. The summed E-state index contributed by atoms with van der Waals surface area (Å²) in [6, 6.07) is 38.8. The van der Waals surface area contributed by atoms with E-state index in [1.165, 1.54) is 5.56 Å². The molecule has 182 valence electrons. The first-order chi connectivity index (χ1) is 17.9. The van der Waals surface area contributed by atoms with Crippen molar-refractivity contribution in [1.29, 1.82) is 0 Å². The molecule has 2 heterocycles. The van der Waals surface area contributed by atoms with Crippen molar-refractivity contribution in [1.82, 2.24) is 4.98 Å². The fourth-order valence-electron chi connectivity index (χ4n) is 5.16. The van der Waals surface area contributed by atoms with Crippen LogP contribution in [0.4, 0.5) is 17.1 Å². The van der Waals surface area contributed by atoms with Crippen LogP contribution in [0, 0.1) is 0 Å². The molecule has 4 aromatic carbocycles. The molecule has 1 aliphatic rings. The fraction of sp³-hybridized carbons (Fsp3) is 0.0938. The number of para-hydroxylation sites is 2. The maximum absolute atomic E-state index is 13.2. The Morgan fingerprint density at radius 3 is 2.05 bits per heavy atom. The highest BCUT2D eigenvalue weighted by molar-refractivity contribution is 7.91. The van der Waals surface area contributed by atoms with Crippen LogP contribution in [0.2, 0.25) is 0 Å². The molecule has 37 heavy (non-hydrogen) atoms. The van der Waals surface area contributed by atoms with Gasteiger partial charge in [-0.2, -0.15) is 0 Å². The van der Waals surface area contributed by atoms with Crippen LogP contribution in [0.5, 0.6) is 0 Å². The molecular formula is C32H26N2O2S. The summed E-state index contributed by atoms with van der Waals surface area (Å²) < 4.78 is 26.4. The van der Waals surface area contributed by atoms with E-state index in [0.717, 1.165) is 28.2 Å². The number of fused-ring (bicyclic) bond motifs is 2. The Labute approximate surface area is 217 Å². The second kappa shape index (κ2) is 8.71. The van der Waals surface area contributed by atoms with Crippen LogP contribution in [0.3, 0.4) is 0 Å². The lowest BCUT2D eigenvalue weighted by Crippen LogP contribution is -2.30. The van der Waals surface area contributed by atoms with Crippen molar-refractivity contribution in [3.63, 3.8) is 0 Å². The third-order valence-electron chi connectivity index (χ3n) is 7.09. The van der Waals surface area contributed by atoms with Crippen molar-refractivity contribution in [2.24, 2.45) is 0 Å². The third kappa shape index (κ3) is 3.83. The smallest absolute Gasteiger partial charge is 0.223 e. The Bertz CT molecular complexity index is 1710. The molecule has 0 unspecified atom stereocenters. The molecule has 0 saturated carbocycles. The number of benzene rings is 4. The summed E-state index contributed by atoms with van der Waals surface area (Å²) in [4.78, 5) is 7.14. The Morgan fingerprint density at radius 1 is 0.649 bits per heavy atom. The normalized spacial score (nSPS) is 14.1. The van der Waals surface area contributed by atoms with Crippen molar-refractivity contribution in [2.45, 2.75) is 29.2 Å². The Kier molecular flexibility index (Phi) is 5.46. The molecular weight excluding hydrogens is 476 g/mol. The van der Waals surface area contributed by atoms with E-state index in [4.69, 9.17) is 0 Å². The highest BCUT2D eigenvalue weighted by Crippen LogP contribution is 2.52. The van der Waals surface area contributed by atoms with Gasteiger partial charge in [-0.05, 0) is 65.7 Å².